The Morgan fingerprint density at radius 3 is 2.94 bits per heavy atom. The maximum absolute atomic E-state index is 11.0. The van der Waals surface area contributed by atoms with Gasteiger partial charge in [-0.2, -0.15) is 0 Å². The molecule has 0 bridgehead atoms. The minimum absolute atomic E-state index is 0.438. The number of aliphatic carboxylic acids is 1. The molecule has 0 saturated heterocycles. The van der Waals surface area contributed by atoms with Crippen molar-refractivity contribution in [1.82, 2.24) is 9.97 Å². The van der Waals surface area contributed by atoms with E-state index in [4.69, 9.17) is 5.11 Å². The monoisotopic (exact) mass is 239 g/mol. The number of rotatable bonds is 5. The van der Waals surface area contributed by atoms with Crippen molar-refractivity contribution in [2.45, 2.75) is 17.9 Å². The van der Waals surface area contributed by atoms with Crippen molar-refractivity contribution in [2.75, 3.05) is 18.1 Å². The van der Waals surface area contributed by atoms with Gasteiger partial charge in [0, 0.05) is 12.6 Å². The summed E-state index contributed by atoms with van der Waals surface area (Å²) in [5.41, 5.74) is -0.565. The van der Waals surface area contributed by atoms with Gasteiger partial charge in [-0.3, -0.25) is 4.79 Å². The number of carbonyl (C=O) groups is 1. The third kappa shape index (κ3) is 2.27. The van der Waals surface area contributed by atoms with E-state index in [0.717, 1.165) is 17.9 Å². The van der Waals surface area contributed by atoms with Crippen molar-refractivity contribution < 1.29 is 9.90 Å². The summed E-state index contributed by atoms with van der Waals surface area (Å²) in [6.07, 6.45) is 4.91. The van der Waals surface area contributed by atoms with Crippen LogP contribution in [0.3, 0.4) is 0 Å². The van der Waals surface area contributed by atoms with Crippen LogP contribution in [-0.4, -0.2) is 33.8 Å². The van der Waals surface area contributed by atoms with Gasteiger partial charge < -0.3 is 10.4 Å². The van der Waals surface area contributed by atoms with Crippen molar-refractivity contribution in [3.05, 3.63) is 12.4 Å². The first-order valence-electron chi connectivity index (χ1n) is 5.00. The molecule has 0 radical (unpaired) electrons. The molecule has 0 atom stereocenters. The number of nitrogens with zero attached hydrogens (tertiary/aromatic N) is 2. The Morgan fingerprint density at radius 1 is 1.62 bits per heavy atom. The van der Waals surface area contributed by atoms with Crippen LogP contribution in [0.4, 0.5) is 5.82 Å². The molecule has 86 valence electrons. The number of carboxylic acid groups (broad SMARTS) is 1. The van der Waals surface area contributed by atoms with E-state index in [1.165, 1.54) is 18.1 Å². The summed E-state index contributed by atoms with van der Waals surface area (Å²) in [7, 11) is 0. The summed E-state index contributed by atoms with van der Waals surface area (Å²) in [5.74, 6) is -0.0361. The van der Waals surface area contributed by atoms with E-state index in [1.54, 1.807) is 0 Å². The highest BCUT2D eigenvalue weighted by Gasteiger charge is 2.50. The largest absolute Gasteiger partial charge is 0.481 e. The summed E-state index contributed by atoms with van der Waals surface area (Å²) >= 11 is 1.53. The molecule has 16 heavy (non-hydrogen) atoms. The smallest absolute Gasteiger partial charge is 0.311 e. The number of aromatic nitrogens is 2. The van der Waals surface area contributed by atoms with Crippen LogP contribution in [0.1, 0.15) is 12.8 Å². The van der Waals surface area contributed by atoms with Gasteiger partial charge in [-0.1, -0.05) is 0 Å². The van der Waals surface area contributed by atoms with Crippen molar-refractivity contribution in [1.29, 1.82) is 0 Å². The Labute approximate surface area is 97.7 Å². The van der Waals surface area contributed by atoms with Gasteiger partial charge >= 0.3 is 5.97 Å². The van der Waals surface area contributed by atoms with E-state index in [0.29, 0.717) is 12.4 Å². The van der Waals surface area contributed by atoms with Crippen LogP contribution in [0, 0.1) is 5.41 Å². The molecule has 1 aliphatic carbocycles. The van der Waals surface area contributed by atoms with Crippen LogP contribution < -0.4 is 5.32 Å². The number of nitrogens with one attached hydrogen (secondary N) is 1. The molecule has 1 aliphatic rings. The molecule has 0 amide bonds. The zero-order valence-electron chi connectivity index (χ0n) is 8.93. The van der Waals surface area contributed by atoms with Crippen LogP contribution in [0.25, 0.3) is 0 Å². The van der Waals surface area contributed by atoms with Crippen LogP contribution in [0.5, 0.6) is 0 Å². The van der Waals surface area contributed by atoms with Crippen molar-refractivity contribution >= 4 is 23.5 Å². The molecule has 1 aromatic heterocycles. The van der Waals surface area contributed by atoms with E-state index < -0.39 is 11.4 Å². The predicted molar refractivity (Wildman–Crippen MR) is 61.6 cm³/mol. The Morgan fingerprint density at radius 2 is 2.38 bits per heavy atom. The highest BCUT2D eigenvalue weighted by Crippen LogP contribution is 2.45. The van der Waals surface area contributed by atoms with E-state index in [1.807, 2.05) is 12.3 Å². The molecular formula is C10H13N3O2S. The Balaban J connectivity index is 1.97. The molecule has 1 fully saturated rings. The normalized spacial score (nSPS) is 16.8. The van der Waals surface area contributed by atoms with Crippen LogP contribution in [0.15, 0.2) is 17.4 Å². The molecule has 6 heteroatoms. The van der Waals surface area contributed by atoms with Crippen LogP contribution >= 0.6 is 11.8 Å². The molecule has 0 spiro atoms. The first kappa shape index (κ1) is 11.2. The van der Waals surface area contributed by atoms with Crippen molar-refractivity contribution in [2.24, 2.45) is 5.41 Å². The maximum Gasteiger partial charge on any atom is 0.311 e. The van der Waals surface area contributed by atoms with Gasteiger partial charge in [0.2, 0.25) is 0 Å². The van der Waals surface area contributed by atoms with Crippen LogP contribution in [0.2, 0.25) is 0 Å². The molecular weight excluding hydrogens is 226 g/mol. The highest BCUT2D eigenvalue weighted by molar-refractivity contribution is 7.98. The van der Waals surface area contributed by atoms with Gasteiger partial charge in [0.1, 0.15) is 17.2 Å². The van der Waals surface area contributed by atoms with Gasteiger partial charge in [0.05, 0.1) is 5.41 Å². The van der Waals surface area contributed by atoms with Crippen molar-refractivity contribution in [3.8, 4) is 0 Å². The van der Waals surface area contributed by atoms with Gasteiger partial charge in [-0.25, -0.2) is 9.97 Å². The third-order valence-corrected chi connectivity index (χ3v) is 3.41. The standard InChI is InChI=1S/C10H13N3O2S/c1-16-8-4-7(12-6-13-8)11-5-10(2-3-10)9(14)15/h4,6H,2-3,5H2,1H3,(H,14,15)(H,11,12,13). The number of anilines is 1. The number of thioether (sulfide) groups is 1. The van der Waals surface area contributed by atoms with Gasteiger partial charge in [0.15, 0.2) is 0 Å². The second-order valence-electron chi connectivity index (χ2n) is 3.88. The lowest BCUT2D eigenvalue weighted by Gasteiger charge is -2.11. The topological polar surface area (TPSA) is 75.1 Å². The summed E-state index contributed by atoms with van der Waals surface area (Å²) in [4.78, 5) is 19.0. The fraction of sp³-hybridized carbons (Fsp3) is 0.500. The molecule has 0 unspecified atom stereocenters. The zero-order valence-corrected chi connectivity index (χ0v) is 9.75. The average Bonchev–Trinajstić information content (AvgIpc) is 3.08. The van der Waals surface area contributed by atoms with Gasteiger partial charge in [0.25, 0.3) is 0 Å². The minimum atomic E-state index is -0.723. The highest BCUT2D eigenvalue weighted by atomic mass is 32.2. The first-order chi connectivity index (χ1) is 7.66. The second kappa shape index (κ2) is 4.29. The second-order valence-corrected chi connectivity index (χ2v) is 4.71. The quantitative estimate of drug-likeness (QED) is 0.598. The maximum atomic E-state index is 11.0. The number of hydrogen-bond acceptors (Lipinski definition) is 5. The lowest BCUT2D eigenvalue weighted by molar-refractivity contribution is -0.142. The fourth-order valence-corrected chi connectivity index (χ4v) is 1.81. The van der Waals surface area contributed by atoms with Gasteiger partial charge in [-0.05, 0) is 19.1 Å². The van der Waals surface area contributed by atoms with Gasteiger partial charge in [-0.15, -0.1) is 11.8 Å². The molecule has 1 saturated carbocycles. The van der Waals surface area contributed by atoms with E-state index in [-0.39, 0.29) is 0 Å². The molecule has 1 aromatic rings. The van der Waals surface area contributed by atoms with Crippen molar-refractivity contribution in [3.63, 3.8) is 0 Å². The minimum Gasteiger partial charge on any atom is -0.481 e. The summed E-state index contributed by atoms with van der Waals surface area (Å²) in [6.45, 7) is 0.438. The Kier molecular flexibility index (Phi) is 3.00. The number of hydrogen-bond donors (Lipinski definition) is 2. The summed E-state index contributed by atoms with van der Waals surface area (Å²) < 4.78 is 0. The van der Waals surface area contributed by atoms with Crippen LogP contribution in [-0.2, 0) is 4.79 Å². The Hall–Kier alpha value is -1.30. The fourth-order valence-electron chi connectivity index (χ4n) is 1.42. The lowest BCUT2D eigenvalue weighted by atomic mass is 10.1. The molecule has 5 nitrogen and oxygen atoms in total. The van der Waals surface area contributed by atoms with E-state index >= 15 is 0 Å². The summed E-state index contributed by atoms with van der Waals surface area (Å²) in [5, 5.41) is 12.9. The molecule has 2 rings (SSSR count). The molecule has 2 N–H and O–H groups in total. The predicted octanol–water partition coefficient (Wildman–Crippen LogP) is 1.48. The SMILES string of the molecule is CSc1cc(NCC2(C(=O)O)CC2)ncn1. The molecule has 0 aromatic carbocycles. The van der Waals surface area contributed by atoms with E-state index in [9.17, 15) is 4.79 Å². The number of carboxylic acids is 1. The summed E-state index contributed by atoms with van der Waals surface area (Å²) in [6, 6.07) is 1.82. The Bertz CT molecular complexity index is 407. The molecule has 0 aliphatic heterocycles. The van der Waals surface area contributed by atoms with E-state index in [2.05, 4.69) is 15.3 Å². The zero-order chi connectivity index (χ0) is 11.6. The molecule has 1 heterocycles. The third-order valence-electron chi connectivity index (χ3n) is 2.77. The lowest BCUT2D eigenvalue weighted by Crippen LogP contribution is -2.24. The first-order valence-corrected chi connectivity index (χ1v) is 6.22. The average molecular weight is 239 g/mol.